The second-order valence-electron chi connectivity index (χ2n) is 5.85. The van der Waals surface area contributed by atoms with Gasteiger partial charge in [0.15, 0.2) is 0 Å². The minimum absolute atomic E-state index is 0.000368. The number of nitrogens with zero attached hydrogens (tertiary/aromatic N) is 1. The summed E-state index contributed by atoms with van der Waals surface area (Å²) in [5, 5.41) is 6.06. The maximum Gasteiger partial charge on any atom is 0.315 e. The van der Waals surface area contributed by atoms with Crippen molar-refractivity contribution in [3.05, 3.63) is 24.3 Å². The number of piperidine rings is 1. The number of carbonyl (C=O) groups is 1. The first kappa shape index (κ1) is 14.0. The van der Waals surface area contributed by atoms with Gasteiger partial charge in [-0.05, 0) is 49.9 Å². The molecule has 3 rings (SSSR count). The van der Waals surface area contributed by atoms with Crippen LogP contribution in [0.1, 0.15) is 25.7 Å². The second kappa shape index (κ2) is 6.24. The zero-order valence-corrected chi connectivity index (χ0v) is 12.5. The van der Waals surface area contributed by atoms with E-state index < -0.39 is 0 Å². The fraction of sp³-hybridized carbons (Fsp3) is 0.562. The van der Waals surface area contributed by atoms with Gasteiger partial charge in [-0.25, -0.2) is 4.79 Å². The number of urea groups is 1. The zero-order valence-electron chi connectivity index (χ0n) is 12.5. The Morgan fingerprint density at radius 3 is 2.14 bits per heavy atom. The summed E-state index contributed by atoms with van der Waals surface area (Å²) in [5.74, 6) is 0.882. The lowest BCUT2D eigenvalue weighted by atomic mass is 10.0. The van der Waals surface area contributed by atoms with Crippen LogP contribution in [0.15, 0.2) is 24.3 Å². The molecule has 5 nitrogen and oxygen atoms in total. The molecule has 0 radical (unpaired) electrons. The van der Waals surface area contributed by atoms with E-state index in [0.29, 0.717) is 12.1 Å². The average molecular weight is 289 g/mol. The van der Waals surface area contributed by atoms with Crippen LogP contribution in [0.25, 0.3) is 0 Å². The Hall–Kier alpha value is -1.91. The fourth-order valence-corrected chi connectivity index (χ4v) is 2.72. The van der Waals surface area contributed by atoms with Crippen LogP contribution < -0.4 is 20.3 Å². The molecule has 2 amide bonds. The first-order chi connectivity index (χ1) is 10.2. The predicted molar refractivity (Wildman–Crippen MR) is 82.9 cm³/mol. The summed E-state index contributed by atoms with van der Waals surface area (Å²) in [4.78, 5) is 14.1. The van der Waals surface area contributed by atoms with Crippen LogP contribution in [-0.4, -0.2) is 38.3 Å². The Kier molecular flexibility index (Phi) is 4.18. The molecular weight excluding hydrogens is 266 g/mol. The van der Waals surface area contributed by atoms with Crippen molar-refractivity contribution < 1.29 is 9.53 Å². The van der Waals surface area contributed by atoms with Crippen molar-refractivity contribution in [2.24, 2.45) is 0 Å². The lowest BCUT2D eigenvalue weighted by Crippen LogP contribution is -2.48. The van der Waals surface area contributed by atoms with E-state index in [0.717, 1.165) is 44.5 Å². The molecule has 0 unspecified atom stereocenters. The van der Waals surface area contributed by atoms with Crippen molar-refractivity contribution in [1.82, 2.24) is 10.6 Å². The summed E-state index contributed by atoms with van der Waals surface area (Å²) < 4.78 is 5.18. The van der Waals surface area contributed by atoms with Gasteiger partial charge in [0.1, 0.15) is 5.75 Å². The van der Waals surface area contributed by atoms with E-state index in [9.17, 15) is 4.79 Å². The molecule has 1 heterocycles. The first-order valence-corrected chi connectivity index (χ1v) is 7.70. The molecule has 2 aliphatic rings. The molecule has 1 aliphatic carbocycles. The van der Waals surface area contributed by atoms with Gasteiger partial charge in [0.25, 0.3) is 0 Å². The lowest BCUT2D eigenvalue weighted by Gasteiger charge is -2.34. The van der Waals surface area contributed by atoms with Crippen LogP contribution >= 0.6 is 0 Å². The largest absolute Gasteiger partial charge is 0.497 e. The van der Waals surface area contributed by atoms with E-state index in [2.05, 4.69) is 27.7 Å². The Morgan fingerprint density at radius 1 is 1.05 bits per heavy atom. The number of nitrogens with one attached hydrogen (secondary N) is 2. The van der Waals surface area contributed by atoms with Gasteiger partial charge in [0, 0.05) is 30.9 Å². The number of benzene rings is 1. The summed E-state index contributed by atoms with van der Waals surface area (Å²) in [6, 6.07) is 8.87. The molecule has 5 heteroatoms. The monoisotopic (exact) mass is 289 g/mol. The zero-order chi connectivity index (χ0) is 14.7. The highest BCUT2D eigenvalue weighted by Crippen LogP contribution is 2.23. The number of ether oxygens (including phenoxy) is 1. The molecule has 21 heavy (non-hydrogen) atoms. The molecule has 0 spiro atoms. The van der Waals surface area contributed by atoms with Crippen LogP contribution in [0.5, 0.6) is 5.75 Å². The minimum atomic E-state index is 0.000368. The molecule has 114 valence electrons. The summed E-state index contributed by atoms with van der Waals surface area (Å²) in [5.41, 5.74) is 1.22. The van der Waals surface area contributed by atoms with E-state index in [1.807, 2.05) is 12.1 Å². The highest BCUT2D eigenvalue weighted by molar-refractivity contribution is 5.75. The second-order valence-corrected chi connectivity index (χ2v) is 5.85. The third-order valence-corrected chi connectivity index (χ3v) is 4.18. The maximum absolute atomic E-state index is 11.7. The van der Waals surface area contributed by atoms with E-state index in [1.54, 1.807) is 7.11 Å². The van der Waals surface area contributed by atoms with Gasteiger partial charge in [-0.2, -0.15) is 0 Å². The van der Waals surface area contributed by atoms with Gasteiger partial charge in [0.05, 0.1) is 7.11 Å². The van der Waals surface area contributed by atoms with Crippen LogP contribution in [0.4, 0.5) is 10.5 Å². The Labute approximate surface area is 125 Å². The van der Waals surface area contributed by atoms with Gasteiger partial charge >= 0.3 is 6.03 Å². The molecule has 0 atom stereocenters. The number of amides is 2. The van der Waals surface area contributed by atoms with Gasteiger partial charge in [-0.15, -0.1) is 0 Å². The van der Waals surface area contributed by atoms with Crippen molar-refractivity contribution in [2.45, 2.75) is 37.8 Å². The van der Waals surface area contributed by atoms with Crippen molar-refractivity contribution in [1.29, 1.82) is 0 Å². The molecule has 0 bridgehead atoms. The topological polar surface area (TPSA) is 53.6 Å². The van der Waals surface area contributed by atoms with Crippen molar-refractivity contribution in [3.8, 4) is 5.75 Å². The normalized spacial score (nSPS) is 19.2. The predicted octanol–water partition coefficient (Wildman–Crippen LogP) is 2.13. The summed E-state index contributed by atoms with van der Waals surface area (Å²) in [7, 11) is 1.68. The van der Waals surface area contributed by atoms with Crippen molar-refractivity contribution >= 4 is 11.7 Å². The summed E-state index contributed by atoms with van der Waals surface area (Å²) >= 11 is 0. The molecule has 1 saturated heterocycles. The molecular formula is C16H23N3O2. The Morgan fingerprint density at radius 2 is 1.62 bits per heavy atom. The number of hydrogen-bond donors (Lipinski definition) is 2. The lowest BCUT2D eigenvalue weighted by molar-refractivity contribution is 0.234. The van der Waals surface area contributed by atoms with E-state index in [-0.39, 0.29) is 6.03 Å². The molecule has 0 aromatic heterocycles. The van der Waals surface area contributed by atoms with E-state index in [4.69, 9.17) is 4.74 Å². The SMILES string of the molecule is COc1ccc(N2CCC(NC(=O)NC3CC3)CC2)cc1. The summed E-state index contributed by atoms with van der Waals surface area (Å²) in [6.07, 6.45) is 4.24. The molecule has 2 N–H and O–H groups in total. The van der Waals surface area contributed by atoms with Crippen LogP contribution in [0, 0.1) is 0 Å². The maximum atomic E-state index is 11.7. The first-order valence-electron chi connectivity index (χ1n) is 7.70. The van der Waals surface area contributed by atoms with Gasteiger partial charge in [-0.1, -0.05) is 0 Å². The highest BCUT2D eigenvalue weighted by atomic mass is 16.5. The van der Waals surface area contributed by atoms with Gasteiger partial charge in [-0.3, -0.25) is 0 Å². The fourth-order valence-electron chi connectivity index (χ4n) is 2.72. The number of anilines is 1. The molecule has 1 aliphatic heterocycles. The van der Waals surface area contributed by atoms with E-state index >= 15 is 0 Å². The Balaban J connectivity index is 1.46. The number of hydrogen-bond acceptors (Lipinski definition) is 3. The summed E-state index contributed by atoms with van der Waals surface area (Å²) in [6.45, 7) is 1.95. The number of carbonyl (C=O) groups excluding carboxylic acids is 1. The molecule has 1 aromatic rings. The number of rotatable bonds is 4. The molecule has 2 fully saturated rings. The highest BCUT2D eigenvalue weighted by Gasteiger charge is 2.25. The third kappa shape index (κ3) is 3.80. The van der Waals surface area contributed by atoms with Crippen LogP contribution in [0.3, 0.4) is 0 Å². The third-order valence-electron chi connectivity index (χ3n) is 4.18. The smallest absolute Gasteiger partial charge is 0.315 e. The number of methoxy groups -OCH3 is 1. The standard InChI is InChI=1S/C16H23N3O2/c1-21-15-6-4-14(5-7-15)19-10-8-13(9-11-19)18-16(20)17-12-2-3-12/h4-7,12-13H,2-3,8-11H2,1H3,(H2,17,18,20). The Bertz CT molecular complexity index is 477. The van der Waals surface area contributed by atoms with Gasteiger partial charge < -0.3 is 20.3 Å². The van der Waals surface area contributed by atoms with E-state index in [1.165, 1.54) is 5.69 Å². The molecule has 1 saturated carbocycles. The van der Waals surface area contributed by atoms with Crippen molar-refractivity contribution in [2.75, 3.05) is 25.1 Å². The van der Waals surface area contributed by atoms with Crippen LogP contribution in [-0.2, 0) is 0 Å². The van der Waals surface area contributed by atoms with Crippen LogP contribution in [0.2, 0.25) is 0 Å². The van der Waals surface area contributed by atoms with Crippen molar-refractivity contribution in [3.63, 3.8) is 0 Å². The average Bonchev–Trinajstić information content (AvgIpc) is 3.32. The van der Waals surface area contributed by atoms with Gasteiger partial charge in [0.2, 0.25) is 0 Å². The quantitative estimate of drug-likeness (QED) is 0.893. The molecule has 1 aromatic carbocycles. The minimum Gasteiger partial charge on any atom is -0.497 e.